The number of nitrogens with two attached hydrogens (primary N) is 1. The molecule has 5 nitrogen and oxygen atoms in total. The third kappa shape index (κ3) is 5.81. The Kier molecular flexibility index (Phi) is 4.80. The molecule has 3 N–H and O–H groups in total. The first-order valence-electron chi connectivity index (χ1n) is 2.88. The molecule has 0 radical (unpaired) electrons. The van der Waals surface area contributed by atoms with Gasteiger partial charge in [-0.15, -0.1) is 0 Å². The summed E-state index contributed by atoms with van der Waals surface area (Å²) in [7, 11) is 0. The Morgan fingerprint density at radius 1 is 1.73 bits per heavy atom. The molecule has 11 heavy (non-hydrogen) atoms. The Balaban J connectivity index is 3.39. The van der Waals surface area contributed by atoms with Crippen LogP contribution in [-0.4, -0.2) is 23.2 Å². The largest absolute Gasteiger partial charge is 0.368 e. The number of alkyl halides is 1. The number of hydrogen-bond donors (Lipinski definition) is 2. The van der Waals surface area contributed by atoms with Gasteiger partial charge in [0.2, 0.25) is 5.91 Å². The van der Waals surface area contributed by atoms with Crippen LogP contribution in [0.5, 0.6) is 0 Å². The zero-order valence-corrected chi connectivity index (χ0v) is 7.55. The van der Waals surface area contributed by atoms with Gasteiger partial charge in [-0.3, -0.25) is 14.4 Å². The van der Waals surface area contributed by atoms with Crippen LogP contribution in [0.4, 0.5) is 0 Å². The second-order valence-electron chi connectivity index (χ2n) is 1.84. The van der Waals surface area contributed by atoms with E-state index in [0.717, 1.165) is 0 Å². The molecule has 2 amide bonds. The van der Waals surface area contributed by atoms with Gasteiger partial charge in [-0.2, -0.15) is 0 Å². The fourth-order valence-electron chi connectivity index (χ4n) is 0.260. The molecule has 0 saturated carbocycles. The number of rotatable bonds is 4. The van der Waals surface area contributed by atoms with Crippen molar-refractivity contribution in [1.82, 2.24) is 5.48 Å². The Bertz CT molecular complexity index is 160. The van der Waals surface area contributed by atoms with E-state index in [1.165, 1.54) is 0 Å². The molecule has 0 heterocycles. The Morgan fingerprint density at radius 2 is 2.27 bits per heavy atom. The molecule has 0 aliphatic heterocycles. The maximum absolute atomic E-state index is 10.7. The molecule has 0 aromatic heterocycles. The van der Waals surface area contributed by atoms with E-state index in [0.29, 0.717) is 0 Å². The van der Waals surface area contributed by atoms with Crippen molar-refractivity contribution in [3.8, 4) is 0 Å². The third-order valence-electron chi connectivity index (χ3n) is 0.748. The molecule has 0 spiro atoms. The van der Waals surface area contributed by atoms with Crippen molar-refractivity contribution in [2.24, 2.45) is 5.73 Å². The number of hydrogen-bond acceptors (Lipinski definition) is 3. The maximum atomic E-state index is 10.7. The smallest absolute Gasteiger partial charge is 0.257 e. The fourth-order valence-corrected chi connectivity index (χ4v) is 0.353. The van der Waals surface area contributed by atoms with Crippen LogP contribution in [0.1, 0.15) is 6.92 Å². The minimum Gasteiger partial charge on any atom is -0.368 e. The van der Waals surface area contributed by atoms with E-state index in [9.17, 15) is 9.59 Å². The number of carbonyl (C=O) groups is 2. The van der Waals surface area contributed by atoms with Crippen LogP contribution < -0.4 is 11.2 Å². The molecule has 1 atom stereocenters. The van der Waals surface area contributed by atoms with Gasteiger partial charge < -0.3 is 5.73 Å². The van der Waals surface area contributed by atoms with Crippen LogP contribution in [0.15, 0.2) is 0 Å². The van der Waals surface area contributed by atoms with E-state index in [-0.39, 0.29) is 17.3 Å². The minimum atomic E-state index is -0.632. The van der Waals surface area contributed by atoms with Crippen molar-refractivity contribution in [3.63, 3.8) is 0 Å². The van der Waals surface area contributed by atoms with Gasteiger partial charge in [-0.1, -0.05) is 15.9 Å². The first-order valence-corrected chi connectivity index (χ1v) is 3.79. The Morgan fingerprint density at radius 3 is 2.64 bits per heavy atom. The highest BCUT2D eigenvalue weighted by molar-refractivity contribution is 9.10. The summed E-state index contributed by atoms with van der Waals surface area (Å²) in [5, 5.41) is 0. The zero-order chi connectivity index (χ0) is 8.85. The van der Waals surface area contributed by atoms with Crippen LogP contribution in [0.2, 0.25) is 0 Å². The summed E-state index contributed by atoms with van der Waals surface area (Å²) in [6.07, 6.45) is 0. The monoisotopic (exact) mass is 224 g/mol. The van der Waals surface area contributed by atoms with Crippen molar-refractivity contribution >= 4 is 27.7 Å². The van der Waals surface area contributed by atoms with Gasteiger partial charge in [-0.25, -0.2) is 5.48 Å². The number of primary amides is 1. The molecule has 0 aromatic carbocycles. The molecule has 1 unspecified atom stereocenters. The molecule has 0 fully saturated rings. The highest BCUT2D eigenvalue weighted by atomic mass is 79.9. The second kappa shape index (κ2) is 5.09. The molecular formula is C5H9BrN2O3. The van der Waals surface area contributed by atoms with Gasteiger partial charge in [0.15, 0.2) is 6.61 Å². The summed E-state index contributed by atoms with van der Waals surface area (Å²) in [4.78, 5) is 24.8. The maximum Gasteiger partial charge on any atom is 0.257 e. The van der Waals surface area contributed by atoms with Gasteiger partial charge in [0.25, 0.3) is 5.91 Å². The predicted octanol–water partition coefficient (Wildman–Crippen LogP) is -0.697. The van der Waals surface area contributed by atoms with E-state index in [4.69, 9.17) is 5.73 Å². The second-order valence-corrected chi connectivity index (χ2v) is 3.21. The summed E-state index contributed by atoms with van der Waals surface area (Å²) < 4.78 is 0. The van der Waals surface area contributed by atoms with Gasteiger partial charge in [0, 0.05) is 0 Å². The van der Waals surface area contributed by atoms with E-state index >= 15 is 0 Å². The van der Waals surface area contributed by atoms with Gasteiger partial charge in [-0.05, 0) is 6.92 Å². The molecule has 0 bridgehead atoms. The first-order chi connectivity index (χ1) is 5.04. The van der Waals surface area contributed by atoms with Crippen LogP contribution in [0.25, 0.3) is 0 Å². The number of hydroxylamine groups is 1. The van der Waals surface area contributed by atoms with Crippen molar-refractivity contribution < 1.29 is 14.4 Å². The summed E-state index contributed by atoms with van der Waals surface area (Å²) in [5.41, 5.74) is 6.75. The molecule has 6 heteroatoms. The lowest BCUT2D eigenvalue weighted by Gasteiger charge is -2.04. The van der Waals surface area contributed by atoms with E-state index in [2.05, 4.69) is 20.8 Å². The molecule has 0 rings (SSSR count). The van der Waals surface area contributed by atoms with Gasteiger partial charge in [0.1, 0.15) is 0 Å². The number of halogens is 1. The molecular weight excluding hydrogens is 216 g/mol. The van der Waals surface area contributed by atoms with Crippen LogP contribution in [-0.2, 0) is 14.4 Å². The lowest BCUT2D eigenvalue weighted by atomic mass is 10.5. The Hall–Kier alpha value is -0.620. The van der Waals surface area contributed by atoms with Crippen molar-refractivity contribution in [3.05, 3.63) is 0 Å². The number of amides is 2. The quantitative estimate of drug-likeness (QED) is 0.490. The van der Waals surface area contributed by atoms with Crippen LogP contribution in [0, 0.1) is 0 Å². The highest BCUT2D eigenvalue weighted by Gasteiger charge is 2.07. The lowest BCUT2D eigenvalue weighted by Crippen LogP contribution is -2.33. The summed E-state index contributed by atoms with van der Waals surface area (Å²) >= 11 is 3.00. The number of carbonyl (C=O) groups excluding carboxylic acids is 2. The van der Waals surface area contributed by atoms with Gasteiger partial charge >= 0.3 is 0 Å². The number of nitrogens with one attached hydrogen (secondary N) is 1. The molecule has 64 valence electrons. The van der Waals surface area contributed by atoms with Crippen LogP contribution >= 0.6 is 15.9 Å². The van der Waals surface area contributed by atoms with Crippen molar-refractivity contribution in [1.29, 1.82) is 0 Å². The van der Waals surface area contributed by atoms with Crippen molar-refractivity contribution in [2.45, 2.75) is 11.8 Å². The predicted molar refractivity (Wildman–Crippen MR) is 41.7 cm³/mol. The van der Waals surface area contributed by atoms with E-state index in [1.54, 1.807) is 6.92 Å². The van der Waals surface area contributed by atoms with Gasteiger partial charge in [0.05, 0.1) is 4.83 Å². The SMILES string of the molecule is CC(Br)C(=O)NOCC(N)=O. The minimum absolute atomic E-state index is 0.314. The Labute approximate surface area is 72.3 Å². The first kappa shape index (κ1) is 10.4. The normalized spacial score (nSPS) is 12.2. The summed E-state index contributed by atoms with van der Waals surface area (Å²) in [6.45, 7) is 1.31. The van der Waals surface area contributed by atoms with E-state index in [1.807, 2.05) is 5.48 Å². The molecule has 0 aliphatic rings. The third-order valence-corrected chi connectivity index (χ3v) is 1.16. The average molecular weight is 225 g/mol. The topological polar surface area (TPSA) is 81.4 Å². The summed E-state index contributed by atoms with van der Waals surface area (Å²) in [6, 6.07) is 0. The van der Waals surface area contributed by atoms with E-state index < -0.39 is 5.91 Å². The highest BCUT2D eigenvalue weighted by Crippen LogP contribution is 1.95. The molecule has 0 saturated heterocycles. The molecule has 0 aliphatic carbocycles. The average Bonchev–Trinajstić information content (AvgIpc) is 1.86. The van der Waals surface area contributed by atoms with Crippen molar-refractivity contribution in [2.75, 3.05) is 6.61 Å². The lowest BCUT2D eigenvalue weighted by molar-refractivity contribution is -0.137. The summed E-state index contributed by atoms with van der Waals surface area (Å²) in [5.74, 6) is -0.987. The standard InChI is InChI=1S/C5H9BrN2O3/c1-3(6)5(10)8-11-2-4(7)9/h3H,2H2,1H3,(H2,7,9)(H,8,10). The van der Waals surface area contributed by atoms with Crippen LogP contribution in [0.3, 0.4) is 0 Å². The fraction of sp³-hybridized carbons (Fsp3) is 0.600. The molecule has 0 aromatic rings. The zero-order valence-electron chi connectivity index (χ0n) is 5.96.